The second-order valence-corrected chi connectivity index (χ2v) is 3.71. The van der Waals surface area contributed by atoms with E-state index in [1.807, 2.05) is 6.92 Å². The van der Waals surface area contributed by atoms with Crippen LogP contribution in [0.25, 0.3) is 11.3 Å². The molecule has 0 amide bonds. The Labute approximate surface area is 97.3 Å². The van der Waals surface area contributed by atoms with Crippen LogP contribution in [0.3, 0.4) is 0 Å². The lowest BCUT2D eigenvalue weighted by atomic mass is 10.1. The molecule has 2 aromatic rings. The van der Waals surface area contributed by atoms with Gasteiger partial charge in [0.1, 0.15) is 5.82 Å². The molecule has 0 atom stereocenters. The topological polar surface area (TPSA) is 71.8 Å². The Morgan fingerprint density at radius 3 is 2.59 bits per heavy atom. The minimum atomic E-state index is -0.449. The molecule has 0 saturated heterocycles. The van der Waals surface area contributed by atoms with Gasteiger partial charge in [-0.2, -0.15) is 4.98 Å². The first-order valence-corrected chi connectivity index (χ1v) is 5.17. The predicted molar refractivity (Wildman–Crippen MR) is 62.9 cm³/mol. The van der Waals surface area contributed by atoms with Gasteiger partial charge in [-0.1, -0.05) is 0 Å². The number of nitrogens with one attached hydrogen (secondary N) is 1. The number of nitrogens with zero attached hydrogens (tertiary/aromatic N) is 1. The van der Waals surface area contributed by atoms with Crippen molar-refractivity contribution in [1.29, 1.82) is 0 Å². The number of hydrogen-bond donors (Lipinski definition) is 2. The predicted octanol–water partition coefficient (Wildman–Crippen LogP) is 1.34. The molecule has 0 fully saturated rings. The lowest BCUT2D eigenvalue weighted by molar-refractivity contribution is 0.628. The zero-order valence-corrected chi connectivity index (χ0v) is 9.33. The van der Waals surface area contributed by atoms with Gasteiger partial charge in [0.05, 0.1) is 5.69 Å². The highest BCUT2D eigenvalue weighted by molar-refractivity contribution is 5.63. The van der Waals surface area contributed by atoms with Crippen LogP contribution in [0.2, 0.25) is 0 Å². The summed E-state index contributed by atoms with van der Waals surface area (Å²) in [4.78, 5) is 17.8. The minimum Gasteiger partial charge on any atom is -0.325 e. The summed E-state index contributed by atoms with van der Waals surface area (Å²) in [7, 11) is 0. The number of halogens is 1. The third-order valence-corrected chi connectivity index (χ3v) is 2.60. The molecule has 17 heavy (non-hydrogen) atoms. The van der Waals surface area contributed by atoms with Crippen molar-refractivity contribution >= 4 is 0 Å². The number of hydrogen-bond acceptors (Lipinski definition) is 3. The summed E-state index contributed by atoms with van der Waals surface area (Å²) in [5, 5.41) is 0. The maximum atomic E-state index is 12.8. The summed E-state index contributed by atoms with van der Waals surface area (Å²) in [6.07, 6.45) is 0. The molecular formula is C12H12FN3O. The summed E-state index contributed by atoms with van der Waals surface area (Å²) in [6.45, 7) is 2.06. The third kappa shape index (κ3) is 2.24. The molecule has 1 aromatic heterocycles. The SMILES string of the molecule is Cc1c(-c2ccc(F)cc2)nc(=O)[nH]c1CN. The van der Waals surface area contributed by atoms with Crippen molar-refractivity contribution in [3.8, 4) is 11.3 Å². The Hall–Kier alpha value is -2.01. The first-order chi connectivity index (χ1) is 8.11. The molecule has 0 radical (unpaired) electrons. The average Bonchev–Trinajstić information content (AvgIpc) is 2.33. The Morgan fingerprint density at radius 2 is 2.00 bits per heavy atom. The van der Waals surface area contributed by atoms with E-state index in [4.69, 9.17) is 5.73 Å². The highest BCUT2D eigenvalue weighted by atomic mass is 19.1. The van der Waals surface area contributed by atoms with Crippen molar-refractivity contribution < 1.29 is 4.39 Å². The summed E-state index contributed by atoms with van der Waals surface area (Å²) >= 11 is 0. The van der Waals surface area contributed by atoms with Crippen LogP contribution < -0.4 is 11.4 Å². The maximum absolute atomic E-state index is 12.8. The van der Waals surface area contributed by atoms with Crippen LogP contribution in [0.5, 0.6) is 0 Å². The lowest BCUT2D eigenvalue weighted by Gasteiger charge is -2.08. The molecule has 4 nitrogen and oxygen atoms in total. The van der Waals surface area contributed by atoms with Crippen molar-refractivity contribution in [3.63, 3.8) is 0 Å². The van der Waals surface area contributed by atoms with Gasteiger partial charge in [-0.15, -0.1) is 0 Å². The number of rotatable bonds is 2. The Balaban J connectivity index is 2.62. The number of benzene rings is 1. The standard InChI is InChI=1S/C12H12FN3O/c1-7-10(6-14)15-12(17)16-11(7)8-2-4-9(13)5-3-8/h2-5H,6,14H2,1H3,(H,15,16,17). The van der Waals surface area contributed by atoms with Crippen molar-refractivity contribution in [1.82, 2.24) is 9.97 Å². The van der Waals surface area contributed by atoms with Gasteiger partial charge in [0.25, 0.3) is 0 Å². The van der Waals surface area contributed by atoms with Crippen LogP contribution in [0.1, 0.15) is 11.3 Å². The van der Waals surface area contributed by atoms with Gasteiger partial charge >= 0.3 is 5.69 Å². The molecule has 0 unspecified atom stereocenters. The van der Waals surface area contributed by atoms with E-state index in [2.05, 4.69) is 9.97 Å². The molecule has 5 heteroatoms. The van der Waals surface area contributed by atoms with Crippen LogP contribution >= 0.6 is 0 Å². The fourth-order valence-electron chi connectivity index (χ4n) is 1.67. The zero-order valence-electron chi connectivity index (χ0n) is 9.33. The number of aromatic amines is 1. The first kappa shape index (κ1) is 11.5. The number of H-pyrrole nitrogens is 1. The second-order valence-electron chi connectivity index (χ2n) is 3.71. The molecule has 3 N–H and O–H groups in total. The van der Waals surface area contributed by atoms with Crippen LogP contribution in [0.15, 0.2) is 29.1 Å². The summed E-state index contributed by atoms with van der Waals surface area (Å²) < 4.78 is 12.8. The van der Waals surface area contributed by atoms with E-state index in [0.29, 0.717) is 17.0 Å². The fraction of sp³-hybridized carbons (Fsp3) is 0.167. The monoisotopic (exact) mass is 233 g/mol. The Kier molecular flexibility index (Phi) is 3.01. The van der Waals surface area contributed by atoms with Gasteiger partial charge in [-0.25, -0.2) is 9.18 Å². The van der Waals surface area contributed by atoms with Gasteiger partial charge in [0.2, 0.25) is 0 Å². The molecule has 88 valence electrons. The smallest absolute Gasteiger partial charge is 0.325 e. The average molecular weight is 233 g/mol. The van der Waals surface area contributed by atoms with Gasteiger partial charge in [-0.3, -0.25) is 0 Å². The number of nitrogens with two attached hydrogens (primary N) is 1. The summed E-state index contributed by atoms with van der Waals surface area (Å²) in [5.74, 6) is -0.324. The second kappa shape index (κ2) is 4.47. The molecule has 1 heterocycles. The van der Waals surface area contributed by atoms with Crippen molar-refractivity contribution in [2.75, 3.05) is 0 Å². The zero-order chi connectivity index (χ0) is 12.4. The van der Waals surface area contributed by atoms with Crippen LogP contribution in [0.4, 0.5) is 4.39 Å². The van der Waals surface area contributed by atoms with Crippen molar-refractivity contribution in [2.24, 2.45) is 5.73 Å². The van der Waals surface area contributed by atoms with E-state index in [0.717, 1.165) is 5.56 Å². The summed E-state index contributed by atoms with van der Waals surface area (Å²) in [6, 6.07) is 5.84. The molecule has 0 aliphatic heterocycles. The first-order valence-electron chi connectivity index (χ1n) is 5.17. The van der Waals surface area contributed by atoms with Crippen molar-refractivity contribution in [3.05, 3.63) is 51.8 Å². The van der Waals surface area contributed by atoms with E-state index in [1.165, 1.54) is 12.1 Å². The Morgan fingerprint density at radius 1 is 1.35 bits per heavy atom. The van der Waals surface area contributed by atoms with E-state index >= 15 is 0 Å². The van der Waals surface area contributed by atoms with Gasteiger partial charge < -0.3 is 10.7 Å². The maximum Gasteiger partial charge on any atom is 0.345 e. The highest BCUT2D eigenvalue weighted by Crippen LogP contribution is 2.21. The normalized spacial score (nSPS) is 10.5. The van der Waals surface area contributed by atoms with Gasteiger partial charge in [0.15, 0.2) is 0 Å². The molecule has 0 aliphatic carbocycles. The van der Waals surface area contributed by atoms with Gasteiger partial charge in [0, 0.05) is 17.8 Å². The van der Waals surface area contributed by atoms with E-state index < -0.39 is 5.69 Å². The third-order valence-electron chi connectivity index (χ3n) is 2.60. The Bertz CT molecular complexity index is 590. The molecule has 0 saturated carbocycles. The lowest BCUT2D eigenvalue weighted by Crippen LogP contribution is -2.18. The largest absolute Gasteiger partial charge is 0.345 e. The molecule has 0 aliphatic rings. The number of aromatic nitrogens is 2. The molecule has 1 aromatic carbocycles. The molecule has 2 rings (SSSR count). The van der Waals surface area contributed by atoms with Crippen LogP contribution in [0, 0.1) is 12.7 Å². The van der Waals surface area contributed by atoms with E-state index in [9.17, 15) is 9.18 Å². The van der Waals surface area contributed by atoms with E-state index in [-0.39, 0.29) is 12.4 Å². The minimum absolute atomic E-state index is 0.234. The van der Waals surface area contributed by atoms with E-state index in [1.54, 1.807) is 12.1 Å². The molecule has 0 bridgehead atoms. The molecule has 0 spiro atoms. The molecular weight excluding hydrogens is 221 g/mol. The van der Waals surface area contributed by atoms with Crippen LogP contribution in [-0.2, 0) is 6.54 Å². The van der Waals surface area contributed by atoms with Crippen LogP contribution in [-0.4, -0.2) is 9.97 Å². The summed E-state index contributed by atoms with van der Waals surface area (Å²) in [5.41, 5.74) is 7.77. The van der Waals surface area contributed by atoms with Crippen molar-refractivity contribution in [2.45, 2.75) is 13.5 Å². The quantitative estimate of drug-likeness (QED) is 0.822. The fourth-order valence-corrected chi connectivity index (χ4v) is 1.67. The highest BCUT2D eigenvalue weighted by Gasteiger charge is 2.09. The van der Waals surface area contributed by atoms with Gasteiger partial charge in [-0.05, 0) is 36.8 Å².